The third-order valence-corrected chi connectivity index (χ3v) is 2.92. The fourth-order valence-corrected chi connectivity index (χ4v) is 1.82. The molecule has 0 bridgehead atoms. The van der Waals surface area contributed by atoms with Gasteiger partial charge in [-0.1, -0.05) is 23.7 Å². The Morgan fingerprint density at radius 1 is 1.35 bits per heavy atom. The number of hydrogen-bond donors (Lipinski definition) is 0. The quantitative estimate of drug-likeness (QED) is 0.753. The lowest BCUT2D eigenvalue weighted by Gasteiger charge is -2.30. The summed E-state index contributed by atoms with van der Waals surface area (Å²) in [6.45, 7) is 2.74. The standard InChI is InChI=1S/C13H14ClF4NO/c1-8(2)19(12(20)13(17,18)11(15)16)7-9-4-3-5-10(14)6-9/h3-6,8,11H,7H2,1-2H3. The Hall–Kier alpha value is -1.30. The monoisotopic (exact) mass is 311 g/mol. The molecule has 0 aromatic heterocycles. The summed E-state index contributed by atoms with van der Waals surface area (Å²) in [4.78, 5) is 12.3. The maximum atomic E-state index is 13.2. The van der Waals surface area contributed by atoms with E-state index >= 15 is 0 Å². The molecule has 0 saturated heterocycles. The lowest BCUT2D eigenvalue weighted by molar-refractivity contribution is -0.183. The Kier molecular flexibility index (Phi) is 5.39. The first-order valence-corrected chi connectivity index (χ1v) is 6.25. The number of carbonyl (C=O) groups excluding carboxylic acids is 1. The van der Waals surface area contributed by atoms with Crippen LogP contribution in [-0.2, 0) is 11.3 Å². The predicted octanol–water partition coefficient (Wildman–Crippen LogP) is 3.98. The van der Waals surface area contributed by atoms with Gasteiger partial charge in [0.1, 0.15) is 0 Å². The minimum atomic E-state index is -4.69. The zero-order valence-electron chi connectivity index (χ0n) is 10.9. The van der Waals surface area contributed by atoms with Gasteiger partial charge in [0.15, 0.2) is 0 Å². The van der Waals surface area contributed by atoms with E-state index in [0.29, 0.717) is 15.5 Å². The molecule has 0 aliphatic carbocycles. The average Bonchev–Trinajstić information content (AvgIpc) is 2.34. The number of halogens is 5. The molecule has 1 amide bonds. The lowest BCUT2D eigenvalue weighted by atomic mass is 10.1. The minimum Gasteiger partial charge on any atom is -0.331 e. The third-order valence-electron chi connectivity index (χ3n) is 2.69. The zero-order valence-corrected chi connectivity index (χ0v) is 11.7. The van der Waals surface area contributed by atoms with Gasteiger partial charge in [-0.15, -0.1) is 0 Å². The summed E-state index contributed by atoms with van der Waals surface area (Å²) < 4.78 is 50.9. The van der Waals surface area contributed by atoms with Gasteiger partial charge in [-0.2, -0.15) is 8.78 Å². The van der Waals surface area contributed by atoms with Crippen LogP contribution in [0, 0.1) is 0 Å². The Labute approximate surface area is 119 Å². The molecular formula is C13H14ClF4NO. The molecule has 0 aliphatic heterocycles. The van der Waals surface area contributed by atoms with Crippen LogP contribution in [-0.4, -0.2) is 29.2 Å². The molecule has 1 rings (SSSR count). The van der Waals surface area contributed by atoms with Gasteiger partial charge in [0.05, 0.1) is 0 Å². The topological polar surface area (TPSA) is 20.3 Å². The third kappa shape index (κ3) is 3.85. The van der Waals surface area contributed by atoms with Crippen LogP contribution in [0.15, 0.2) is 24.3 Å². The van der Waals surface area contributed by atoms with E-state index in [9.17, 15) is 22.4 Å². The molecule has 20 heavy (non-hydrogen) atoms. The molecule has 0 N–H and O–H groups in total. The fourth-order valence-electron chi connectivity index (χ4n) is 1.61. The molecule has 0 atom stereocenters. The molecule has 0 unspecified atom stereocenters. The zero-order chi connectivity index (χ0) is 15.5. The van der Waals surface area contributed by atoms with Gasteiger partial charge in [-0.25, -0.2) is 8.78 Å². The molecule has 2 nitrogen and oxygen atoms in total. The molecule has 1 aromatic rings. The first-order chi connectivity index (χ1) is 9.16. The van der Waals surface area contributed by atoms with E-state index in [4.69, 9.17) is 11.6 Å². The van der Waals surface area contributed by atoms with Gasteiger partial charge < -0.3 is 4.90 Å². The van der Waals surface area contributed by atoms with E-state index in [0.717, 1.165) is 0 Å². The van der Waals surface area contributed by atoms with E-state index in [1.54, 1.807) is 18.2 Å². The molecule has 0 saturated carbocycles. The number of nitrogens with zero attached hydrogens (tertiary/aromatic N) is 1. The number of amides is 1. The molecule has 1 aromatic carbocycles. The second kappa shape index (κ2) is 6.43. The van der Waals surface area contributed by atoms with Crippen molar-refractivity contribution >= 4 is 17.5 Å². The summed E-state index contributed by atoms with van der Waals surface area (Å²) in [5, 5.41) is 0.374. The maximum Gasteiger partial charge on any atom is 0.383 e. The average molecular weight is 312 g/mol. The van der Waals surface area contributed by atoms with Crippen LogP contribution >= 0.6 is 11.6 Å². The number of rotatable bonds is 5. The molecule has 0 fully saturated rings. The van der Waals surface area contributed by atoms with Crippen molar-refractivity contribution in [1.82, 2.24) is 4.90 Å². The van der Waals surface area contributed by atoms with Crippen LogP contribution in [0.25, 0.3) is 0 Å². The van der Waals surface area contributed by atoms with E-state index in [2.05, 4.69) is 0 Å². The lowest BCUT2D eigenvalue weighted by Crippen LogP contribution is -2.49. The van der Waals surface area contributed by atoms with Gasteiger partial charge in [-0.3, -0.25) is 4.79 Å². The highest BCUT2D eigenvalue weighted by Gasteiger charge is 2.51. The maximum absolute atomic E-state index is 13.2. The van der Waals surface area contributed by atoms with Crippen LogP contribution < -0.4 is 0 Å². The summed E-state index contributed by atoms with van der Waals surface area (Å²) >= 11 is 5.76. The van der Waals surface area contributed by atoms with E-state index in [1.165, 1.54) is 19.9 Å². The van der Waals surface area contributed by atoms with Gasteiger partial charge in [-0.05, 0) is 31.5 Å². The van der Waals surface area contributed by atoms with E-state index in [-0.39, 0.29) is 6.54 Å². The molecule has 0 heterocycles. The number of carbonyl (C=O) groups is 1. The second-order valence-electron chi connectivity index (χ2n) is 4.58. The van der Waals surface area contributed by atoms with Gasteiger partial charge in [0.2, 0.25) is 0 Å². The van der Waals surface area contributed by atoms with Crippen LogP contribution in [0.5, 0.6) is 0 Å². The van der Waals surface area contributed by atoms with E-state index < -0.39 is 24.3 Å². The number of alkyl halides is 4. The van der Waals surface area contributed by atoms with Crippen molar-refractivity contribution in [3.63, 3.8) is 0 Å². The van der Waals surface area contributed by atoms with Crippen LogP contribution in [0.1, 0.15) is 19.4 Å². The van der Waals surface area contributed by atoms with Crippen molar-refractivity contribution in [3.8, 4) is 0 Å². The Morgan fingerprint density at radius 3 is 2.40 bits per heavy atom. The highest BCUT2D eigenvalue weighted by Crippen LogP contribution is 2.27. The summed E-state index contributed by atoms with van der Waals surface area (Å²) in [5.74, 6) is -6.58. The summed E-state index contributed by atoms with van der Waals surface area (Å²) in [5.41, 5.74) is 0.490. The molecule has 0 spiro atoms. The highest BCUT2D eigenvalue weighted by molar-refractivity contribution is 6.30. The number of benzene rings is 1. The predicted molar refractivity (Wildman–Crippen MR) is 68.1 cm³/mol. The fraction of sp³-hybridized carbons (Fsp3) is 0.462. The van der Waals surface area contributed by atoms with Crippen molar-refractivity contribution < 1.29 is 22.4 Å². The molecule has 0 radical (unpaired) electrons. The Bertz CT molecular complexity index is 479. The summed E-state index contributed by atoms with van der Waals surface area (Å²) in [7, 11) is 0. The van der Waals surface area contributed by atoms with Crippen molar-refractivity contribution in [2.45, 2.75) is 38.8 Å². The van der Waals surface area contributed by atoms with Crippen molar-refractivity contribution in [2.24, 2.45) is 0 Å². The second-order valence-corrected chi connectivity index (χ2v) is 5.02. The van der Waals surface area contributed by atoms with Gasteiger partial charge in [0.25, 0.3) is 5.91 Å². The van der Waals surface area contributed by atoms with Gasteiger partial charge >= 0.3 is 12.3 Å². The van der Waals surface area contributed by atoms with Crippen LogP contribution in [0.4, 0.5) is 17.6 Å². The normalized spacial score (nSPS) is 12.1. The minimum absolute atomic E-state index is 0.209. The largest absolute Gasteiger partial charge is 0.383 e. The molecule has 112 valence electrons. The van der Waals surface area contributed by atoms with Crippen molar-refractivity contribution in [1.29, 1.82) is 0 Å². The smallest absolute Gasteiger partial charge is 0.331 e. The molecule has 0 aliphatic rings. The summed E-state index contributed by atoms with van der Waals surface area (Å²) in [6.07, 6.45) is -4.03. The van der Waals surface area contributed by atoms with Crippen LogP contribution in [0.3, 0.4) is 0 Å². The van der Waals surface area contributed by atoms with Crippen molar-refractivity contribution in [3.05, 3.63) is 34.9 Å². The highest BCUT2D eigenvalue weighted by atomic mass is 35.5. The van der Waals surface area contributed by atoms with E-state index in [1.807, 2.05) is 0 Å². The van der Waals surface area contributed by atoms with Crippen LogP contribution in [0.2, 0.25) is 5.02 Å². The Morgan fingerprint density at radius 2 is 1.95 bits per heavy atom. The number of hydrogen-bond acceptors (Lipinski definition) is 1. The first-order valence-electron chi connectivity index (χ1n) is 5.87. The van der Waals surface area contributed by atoms with Crippen molar-refractivity contribution in [2.75, 3.05) is 0 Å². The molecular weight excluding hydrogens is 298 g/mol. The molecule has 7 heteroatoms. The Balaban J connectivity index is 2.98. The van der Waals surface area contributed by atoms with Gasteiger partial charge in [0, 0.05) is 17.6 Å². The summed E-state index contributed by atoms with van der Waals surface area (Å²) in [6, 6.07) is 5.59. The SMILES string of the molecule is CC(C)N(Cc1cccc(Cl)c1)C(=O)C(F)(F)C(F)F. The first kappa shape index (κ1) is 16.8.